The van der Waals surface area contributed by atoms with E-state index in [4.69, 9.17) is 16.3 Å². The molecule has 23 heavy (non-hydrogen) atoms. The number of rotatable bonds is 7. The summed E-state index contributed by atoms with van der Waals surface area (Å²) in [5.41, 5.74) is 0. The molecule has 0 spiro atoms. The minimum absolute atomic E-state index is 0. The van der Waals surface area contributed by atoms with Gasteiger partial charge in [-0.3, -0.25) is 4.99 Å². The van der Waals surface area contributed by atoms with Gasteiger partial charge in [0.1, 0.15) is 12.4 Å². The summed E-state index contributed by atoms with van der Waals surface area (Å²) in [7, 11) is 1.76. The molecule has 1 aromatic heterocycles. The second kappa shape index (κ2) is 11.5. The van der Waals surface area contributed by atoms with E-state index in [9.17, 15) is 0 Å². The van der Waals surface area contributed by atoms with E-state index in [-0.39, 0.29) is 24.0 Å². The molecule has 1 heterocycles. The Kier molecular flexibility index (Phi) is 10.1. The van der Waals surface area contributed by atoms with Crippen molar-refractivity contribution in [3.63, 3.8) is 0 Å². The summed E-state index contributed by atoms with van der Waals surface area (Å²) in [6.45, 7) is 2.10. The van der Waals surface area contributed by atoms with Gasteiger partial charge in [0.25, 0.3) is 0 Å². The highest BCUT2D eigenvalue weighted by Gasteiger charge is 2.00. The molecule has 0 atom stereocenters. The predicted molar refractivity (Wildman–Crippen MR) is 110 cm³/mol. The number of nitrogens with zero attached hydrogens (tertiary/aromatic N) is 1. The highest BCUT2D eigenvalue weighted by Crippen LogP contribution is 2.21. The molecule has 0 bridgehead atoms. The maximum atomic E-state index is 5.91. The van der Waals surface area contributed by atoms with Gasteiger partial charge in [0, 0.05) is 18.5 Å². The van der Waals surface area contributed by atoms with Crippen molar-refractivity contribution < 1.29 is 4.74 Å². The van der Waals surface area contributed by atoms with Gasteiger partial charge in [-0.05, 0) is 30.7 Å². The molecule has 0 saturated heterocycles. The summed E-state index contributed by atoms with van der Waals surface area (Å²) in [6, 6.07) is 13.8. The van der Waals surface area contributed by atoms with E-state index in [0.29, 0.717) is 13.2 Å². The summed E-state index contributed by atoms with van der Waals surface area (Å²) < 4.78 is 6.45. The van der Waals surface area contributed by atoms with Crippen LogP contribution in [0.3, 0.4) is 0 Å². The van der Waals surface area contributed by atoms with Crippen LogP contribution in [0.25, 0.3) is 0 Å². The normalized spacial score (nSPS) is 10.8. The zero-order chi connectivity index (χ0) is 15.6. The number of guanidine groups is 1. The highest BCUT2D eigenvalue weighted by atomic mass is 127. The number of para-hydroxylation sites is 1. The van der Waals surface area contributed by atoms with Gasteiger partial charge in [0.15, 0.2) is 5.96 Å². The molecule has 1 aromatic carbocycles. The largest absolute Gasteiger partial charge is 0.492 e. The minimum atomic E-state index is 0. The molecule has 0 aliphatic heterocycles. The van der Waals surface area contributed by atoms with Crippen molar-refractivity contribution in [3.8, 4) is 5.75 Å². The molecule has 7 heteroatoms. The lowest BCUT2D eigenvalue weighted by atomic mass is 10.3. The first-order valence-electron chi connectivity index (χ1n) is 7.14. The zero-order valence-electron chi connectivity index (χ0n) is 12.9. The van der Waals surface area contributed by atoms with E-state index in [1.165, 1.54) is 4.88 Å². The van der Waals surface area contributed by atoms with Crippen LogP contribution in [-0.2, 0) is 6.42 Å². The molecule has 0 aliphatic carbocycles. The lowest BCUT2D eigenvalue weighted by Gasteiger charge is -2.12. The topological polar surface area (TPSA) is 45.7 Å². The van der Waals surface area contributed by atoms with E-state index in [2.05, 4.69) is 21.7 Å². The number of halogens is 2. The lowest BCUT2D eigenvalue weighted by Crippen LogP contribution is -2.40. The first-order chi connectivity index (χ1) is 10.8. The predicted octanol–water partition coefficient (Wildman–Crippen LogP) is 3.81. The Hall–Kier alpha value is -0.990. The van der Waals surface area contributed by atoms with Crippen molar-refractivity contribution in [2.75, 3.05) is 26.7 Å². The third-order valence-electron chi connectivity index (χ3n) is 2.92. The molecule has 2 rings (SSSR count). The van der Waals surface area contributed by atoms with E-state index >= 15 is 0 Å². The maximum absolute atomic E-state index is 5.91. The first kappa shape index (κ1) is 20.1. The lowest BCUT2D eigenvalue weighted by molar-refractivity contribution is 0.322. The molecule has 4 nitrogen and oxygen atoms in total. The summed E-state index contributed by atoms with van der Waals surface area (Å²) >= 11 is 7.52. The summed E-state index contributed by atoms with van der Waals surface area (Å²) in [4.78, 5) is 5.45. The number of hydrogen-bond donors (Lipinski definition) is 2. The smallest absolute Gasteiger partial charge is 0.191 e. The summed E-state index contributed by atoms with van der Waals surface area (Å²) in [5, 5.41) is 6.50. The van der Waals surface area contributed by atoms with Gasteiger partial charge < -0.3 is 15.4 Å². The Balaban J connectivity index is 0.00000264. The number of aliphatic imine (C=N–C) groups is 1. The zero-order valence-corrected chi connectivity index (χ0v) is 16.8. The van der Waals surface area contributed by atoms with Crippen LogP contribution in [0, 0.1) is 0 Å². The molecular formula is C16H21ClIN3OS. The number of ether oxygens (including phenoxy) is 1. The fourth-order valence-electron chi connectivity index (χ4n) is 1.87. The average Bonchev–Trinajstić information content (AvgIpc) is 2.96. The van der Waals surface area contributed by atoms with Crippen molar-refractivity contribution in [2.45, 2.75) is 6.42 Å². The Morgan fingerprint density at radius 2 is 1.87 bits per heavy atom. The fourth-order valence-corrected chi connectivity index (χ4v) is 2.95. The second-order valence-corrected chi connectivity index (χ2v) is 6.34. The number of nitrogens with one attached hydrogen (secondary N) is 2. The van der Waals surface area contributed by atoms with Crippen molar-refractivity contribution in [1.82, 2.24) is 10.6 Å². The SMILES string of the molecule is CN=C(NCCOc1ccccc1)NCCc1ccc(Cl)s1.I. The Morgan fingerprint density at radius 1 is 1.13 bits per heavy atom. The average molecular weight is 466 g/mol. The van der Waals surface area contributed by atoms with Gasteiger partial charge in [-0.2, -0.15) is 0 Å². The van der Waals surface area contributed by atoms with E-state index in [1.807, 2.05) is 36.4 Å². The van der Waals surface area contributed by atoms with E-state index in [1.54, 1.807) is 18.4 Å². The fraction of sp³-hybridized carbons (Fsp3) is 0.312. The van der Waals surface area contributed by atoms with E-state index in [0.717, 1.165) is 29.0 Å². The molecule has 0 aliphatic rings. The van der Waals surface area contributed by atoms with Crippen LogP contribution in [0.4, 0.5) is 0 Å². The minimum Gasteiger partial charge on any atom is -0.492 e. The summed E-state index contributed by atoms with van der Waals surface area (Å²) in [6.07, 6.45) is 0.929. The van der Waals surface area contributed by atoms with E-state index < -0.39 is 0 Å². The highest BCUT2D eigenvalue weighted by molar-refractivity contribution is 14.0. The van der Waals surface area contributed by atoms with Gasteiger partial charge in [0.2, 0.25) is 0 Å². The quantitative estimate of drug-likeness (QED) is 0.283. The van der Waals surface area contributed by atoms with Crippen LogP contribution in [-0.4, -0.2) is 32.7 Å². The molecule has 0 unspecified atom stereocenters. The van der Waals surface area contributed by atoms with Crippen LogP contribution in [0.5, 0.6) is 5.75 Å². The molecule has 2 aromatic rings. The molecule has 0 fully saturated rings. The van der Waals surface area contributed by atoms with Crippen molar-refractivity contribution >= 4 is 52.9 Å². The number of benzene rings is 1. The Morgan fingerprint density at radius 3 is 2.52 bits per heavy atom. The van der Waals surface area contributed by atoms with Gasteiger partial charge in [-0.1, -0.05) is 29.8 Å². The molecular weight excluding hydrogens is 445 g/mol. The van der Waals surface area contributed by atoms with Gasteiger partial charge in [-0.15, -0.1) is 35.3 Å². The van der Waals surface area contributed by atoms with Crippen LogP contribution in [0.1, 0.15) is 4.88 Å². The Labute approximate surface area is 163 Å². The molecule has 2 N–H and O–H groups in total. The van der Waals surface area contributed by atoms with Crippen molar-refractivity contribution in [1.29, 1.82) is 0 Å². The standard InChI is InChI=1S/C16H20ClN3OS.HI/c1-18-16(19-10-9-14-7-8-15(17)22-14)20-11-12-21-13-5-3-2-4-6-13;/h2-8H,9-12H2,1H3,(H2,18,19,20);1H. The maximum Gasteiger partial charge on any atom is 0.191 e. The first-order valence-corrected chi connectivity index (χ1v) is 8.34. The summed E-state index contributed by atoms with van der Waals surface area (Å²) in [5.74, 6) is 1.65. The second-order valence-electron chi connectivity index (χ2n) is 4.54. The Bertz CT molecular complexity index is 592. The third kappa shape index (κ3) is 7.90. The van der Waals surface area contributed by atoms with Gasteiger partial charge >= 0.3 is 0 Å². The third-order valence-corrected chi connectivity index (χ3v) is 4.21. The molecule has 0 radical (unpaired) electrons. The van der Waals surface area contributed by atoms with Gasteiger partial charge in [0.05, 0.1) is 10.9 Å². The van der Waals surface area contributed by atoms with Crippen LogP contribution < -0.4 is 15.4 Å². The van der Waals surface area contributed by atoms with Crippen molar-refractivity contribution in [2.24, 2.45) is 4.99 Å². The molecule has 126 valence electrons. The van der Waals surface area contributed by atoms with Crippen molar-refractivity contribution in [3.05, 3.63) is 51.7 Å². The molecule has 0 saturated carbocycles. The monoisotopic (exact) mass is 465 g/mol. The van der Waals surface area contributed by atoms with Gasteiger partial charge in [-0.25, -0.2) is 0 Å². The number of thiophene rings is 1. The molecule has 0 amide bonds. The van der Waals surface area contributed by atoms with Crippen LogP contribution in [0.2, 0.25) is 4.34 Å². The number of hydrogen-bond acceptors (Lipinski definition) is 3. The van der Waals surface area contributed by atoms with Crippen LogP contribution in [0.15, 0.2) is 47.5 Å². The van der Waals surface area contributed by atoms with Crippen LogP contribution >= 0.6 is 46.9 Å².